The number of rotatable bonds is 5. The van der Waals surface area contributed by atoms with Crippen LogP contribution in [0.15, 0.2) is 23.0 Å². The zero-order valence-electron chi connectivity index (χ0n) is 20.5. The molecular weight excluding hydrogens is 462 g/mol. The number of aromatic nitrogens is 3. The fraction of sp³-hybridized carbons (Fsp3) is 0.417. The summed E-state index contributed by atoms with van der Waals surface area (Å²) in [4.78, 5) is 40.1. The highest BCUT2D eigenvalue weighted by Gasteiger charge is 2.37. The van der Waals surface area contributed by atoms with Gasteiger partial charge in [0.1, 0.15) is 16.7 Å². The lowest BCUT2D eigenvalue weighted by atomic mass is 10.1. The zero-order chi connectivity index (χ0) is 26.0. The van der Waals surface area contributed by atoms with Crippen molar-refractivity contribution in [2.75, 3.05) is 27.3 Å². The molecule has 0 saturated carbocycles. The topological polar surface area (TPSA) is 95.7 Å². The van der Waals surface area contributed by atoms with Crippen molar-refractivity contribution in [2.45, 2.75) is 40.3 Å². The van der Waals surface area contributed by atoms with Crippen LogP contribution in [-0.2, 0) is 11.3 Å². The Bertz CT molecular complexity index is 1350. The number of carbonyl (C=O) groups is 2. The molecule has 1 aromatic carbocycles. The molecule has 35 heavy (non-hydrogen) atoms. The summed E-state index contributed by atoms with van der Waals surface area (Å²) < 4.78 is 41.4. The number of amides is 1. The van der Waals surface area contributed by atoms with Gasteiger partial charge in [0.05, 0.1) is 26.3 Å². The second kappa shape index (κ2) is 10.2. The molecule has 1 aliphatic rings. The smallest absolute Gasteiger partial charge is 0.338 e. The SMILES string of the molecule is CC.CCN1C[C@H](C)n2c(c(OC)c3c(=O)n(Cc4ccc(F)cc4C(=O)OC)nc(F)c32)C1=O. The van der Waals surface area contributed by atoms with E-state index in [1.165, 1.54) is 17.7 Å². The quantitative estimate of drug-likeness (QED) is 0.509. The summed E-state index contributed by atoms with van der Waals surface area (Å²) in [5.74, 6) is -2.86. The van der Waals surface area contributed by atoms with Gasteiger partial charge >= 0.3 is 5.97 Å². The number of hydrogen-bond acceptors (Lipinski definition) is 6. The predicted molar refractivity (Wildman–Crippen MR) is 125 cm³/mol. The molecule has 11 heteroatoms. The Balaban J connectivity index is 0.00000167. The zero-order valence-corrected chi connectivity index (χ0v) is 20.5. The fourth-order valence-electron chi connectivity index (χ4n) is 4.30. The van der Waals surface area contributed by atoms with Gasteiger partial charge in [0.15, 0.2) is 11.4 Å². The van der Waals surface area contributed by atoms with Crippen LogP contribution in [0, 0.1) is 11.8 Å². The maximum Gasteiger partial charge on any atom is 0.338 e. The highest BCUT2D eigenvalue weighted by atomic mass is 19.1. The molecule has 0 unspecified atom stereocenters. The molecule has 2 aromatic heterocycles. The van der Waals surface area contributed by atoms with Crippen LogP contribution in [0.4, 0.5) is 8.78 Å². The number of hydrogen-bond donors (Lipinski definition) is 0. The lowest BCUT2D eigenvalue weighted by molar-refractivity contribution is 0.0598. The van der Waals surface area contributed by atoms with Gasteiger partial charge in [-0.1, -0.05) is 19.9 Å². The molecule has 0 saturated heterocycles. The second-order valence-corrected chi connectivity index (χ2v) is 7.71. The lowest BCUT2D eigenvalue weighted by Crippen LogP contribution is -2.42. The first kappa shape index (κ1) is 25.9. The first-order valence-electron chi connectivity index (χ1n) is 11.3. The summed E-state index contributed by atoms with van der Waals surface area (Å²) in [6.07, 6.45) is 0. The van der Waals surface area contributed by atoms with E-state index in [4.69, 9.17) is 4.74 Å². The summed E-state index contributed by atoms with van der Waals surface area (Å²) in [7, 11) is 2.44. The van der Waals surface area contributed by atoms with E-state index in [0.717, 1.165) is 23.9 Å². The van der Waals surface area contributed by atoms with Crippen molar-refractivity contribution in [1.29, 1.82) is 0 Å². The van der Waals surface area contributed by atoms with E-state index in [9.17, 15) is 18.8 Å². The van der Waals surface area contributed by atoms with E-state index in [2.05, 4.69) is 9.84 Å². The van der Waals surface area contributed by atoms with Gasteiger partial charge in [0.25, 0.3) is 17.4 Å². The first-order valence-corrected chi connectivity index (χ1v) is 11.3. The molecule has 9 nitrogen and oxygen atoms in total. The summed E-state index contributed by atoms with van der Waals surface area (Å²) in [5.41, 5.74) is -0.653. The molecule has 3 heterocycles. The standard InChI is InChI=1S/C22H22F2N4O5.C2H6/c1-5-26-9-11(2)28-16-15(18(32-3)17(28)21(26)30)20(29)27(25-19(16)24)10-12-6-7-13(23)8-14(12)22(31)33-4;1-2/h6-8,11H,5,9-10H2,1-4H3;1-2H3/t11-;/m0./s1. The van der Waals surface area contributed by atoms with Crippen LogP contribution in [0.3, 0.4) is 0 Å². The van der Waals surface area contributed by atoms with E-state index in [1.54, 1.807) is 4.90 Å². The predicted octanol–water partition coefficient (Wildman–Crippen LogP) is 3.38. The number of methoxy groups -OCH3 is 2. The summed E-state index contributed by atoms with van der Waals surface area (Å²) in [6.45, 7) is 8.09. The average molecular weight is 491 g/mol. The third-order valence-electron chi connectivity index (χ3n) is 5.81. The monoisotopic (exact) mass is 490 g/mol. The molecule has 0 spiro atoms. The largest absolute Gasteiger partial charge is 0.493 e. The Kier molecular flexibility index (Phi) is 7.57. The molecule has 4 rings (SSSR count). The van der Waals surface area contributed by atoms with Crippen molar-refractivity contribution in [1.82, 2.24) is 19.2 Å². The van der Waals surface area contributed by atoms with Crippen molar-refractivity contribution < 1.29 is 27.8 Å². The number of carbonyl (C=O) groups excluding carboxylic acids is 2. The van der Waals surface area contributed by atoms with Crippen molar-refractivity contribution >= 4 is 22.8 Å². The van der Waals surface area contributed by atoms with Gasteiger partial charge in [-0.15, -0.1) is 5.10 Å². The Morgan fingerprint density at radius 3 is 2.49 bits per heavy atom. The number of benzene rings is 1. The number of nitrogens with zero attached hydrogens (tertiary/aromatic N) is 4. The van der Waals surface area contributed by atoms with E-state index < -0.39 is 23.3 Å². The molecule has 0 bridgehead atoms. The first-order chi connectivity index (χ1) is 16.7. The van der Waals surface area contributed by atoms with Gasteiger partial charge in [0.2, 0.25) is 0 Å². The molecule has 0 N–H and O–H groups in total. The van der Waals surface area contributed by atoms with Crippen molar-refractivity contribution in [3.05, 3.63) is 57.1 Å². The molecule has 188 valence electrons. The molecule has 0 radical (unpaired) electrons. The normalized spacial score (nSPS) is 14.9. The van der Waals surface area contributed by atoms with Gasteiger partial charge in [-0.25, -0.2) is 13.9 Å². The molecule has 1 aliphatic heterocycles. The molecule has 3 aromatic rings. The van der Waals surface area contributed by atoms with E-state index in [0.29, 0.717) is 13.1 Å². The minimum atomic E-state index is -0.972. The van der Waals surface area contributed by atoms with Crippen LogP contribution in [0.5, 0.6) is 5.75 Å². The van der Waals surface area contributed by atoms with Crippen molar-refractivity contribution in [3.8, 4) is 5.75 Å². The van der Waals surface area contributed by atoms with E-state index in [-0.39, 0.29) is 52.0 Å². The molecular formula is C24H28F2N4O5. The number of likely N-dealkylation sites (N-methyl/N-ethyl adjacent to an activating group) is 1. The molecule has 1 atom stereocenters. The molecule has 1 amide bonds. The third-order valence-corrected chi connectivity index (χ3v) is 5.81. The van der Waals surface area contributed by atoms with Crippen LogP contribution < -0.4 is 10.3 Å². The summed E-state index contributed by atoms with van der Waals surface area (Å²) >= 11 is 0. The number of esters is 1. The number of halogens is 2. The maximum absolute atomic E-state index is 15.3. The number of ether oxygens (including phenoxy) is 2. The Labute approximate surface area is 200 Å². The van der Waals surface area contributed by atoms with Crippen LogP contribution in [0.2, 0.25) is 0 Å². The van der Waals surface area contributed by atoms with Crippen LogP contribution in [0.1, 0.15) is 60.1 Å². The second-order valence-electron chi connectivity index (χ2n) is 7.71. The third kappa shape index (κ3) is 4.26. The minimum absolute atomic E-state index is 0.0349. The Morgan fingerprint density at radius 1 is 1.20 bits per heavy atom. The Morgan fingerprint density at radius 2 is 1.89 bits per heavy atom. The van der Waals surface area contributed by atoms with E-state index in [1.807, 2.05) is 27.7 Å². The van der Waals surface area contributed by atoms with E-state index >= 15 is 4.39 Å². The van der Waals surface area contributed by atoms with Gasteiger partial charge in [-0.3, -0.25) is 9.59 Å². The highest BCUT2D eigenvalue weighted by molar-refractivity contribution is 6.04. The van der Waals surface area contributed by atoms with Crippen LogP contribution in [0.25, 0.3) is 10.9 Å². The van der Waals surface area contributed by atoms with Crippen LogP contribution in [-0.4, -0.2) is 58.4 Å². The highest BCUT2D eigenvalue weighted by Crippen LogP contribution is 2.38. The fourth-order valence-corrected chi connectivity index (χ4v) is 4.30. The summed E-state index contributed by atoms with van der Waals surface area (Å²) in [6, 6.07) is 3.06. The van der Waals surface area contributed by atoms with Gasteiger partial charge in [-0.05, 0) is 31.5 Å². The van der Waals surface area contributed by atoms with Crippen LogP contribution >= 0.6 is 0 Å². The Hall–Kier alpha value is -3.76. The summed E-state index contributed by atoms with van der Waals surface area (Å²) in [5, 5.41) is 3.66. The van der Waals surface area contributed by atoms with Crippen molar-refractivity contribution in [3.63, 3.8) is 0 Å². The van der Waals surface area contributed by atoms with Crippen molar-refractivity contribution in [2.24, 2.45) is 0 Å². The lowest BCUT2D eigenvalue weighted by Gasteiger charge is -2.32. The molecule has 0 aliphatic carbocycles. The van der Waals surface area contributed by atoms with Gasteiger partial charge in [-0.2, -0.15) is 4.39 Å². The average Bonchev–Trinajstić information content (AvgIpc) is 3.23. The van der Waals surface area contributed by atoms with Gasteiger partial charge in [0, 0.05) is 19.1 Å². The number of fused-ring (bicyclic) bond motifs is 3. The maximum atomic E-state index is 15.3. The minimum Gasteiger partial charge on any atom is -0.493 e. The van der Waals surface area contributed by atoms with Gasteiger partial charge < -0.3 is 18.9 Å². The molecule has 0 fully saturated rings.